The Hall–Kier alpha value is -2.56. The van der Waals surface area contributed by atoms with E-state index in [9.17, 15) is 0 Å². The van der Waals surface area contributed by atoms with Gasteiger partial charge in [-0.3, -0.25) is 10.4 Å². The number of hydrazone groups is 1. The summed E-state index contributed by atoms with van der Waals surface area (Å²) in [6.45, 7) is 14.1. The van der Waals surface area contributed by atoms with Crippen LogP contribution in [0.4, 0.5) is 0 Å². The third kappa shape index (κ3) is 11.3. The lowest BCUT2D eigenvalue weighted by Crippen LogP contribution is -2.23. The van der Waals surface area contributed by atoms with Gasteiger partial charge in [0.05, 0.1) is 7.11 Å². The van der Waals surface area contributed by atoms with Crippen LogP contribution in [0.3, 0.4) is 0 Å². The summed E-state index contributed by atoms with van der Waals surface area (Å²) in [5, 5.41) is 7.05. The van der Waals surface area contributed by atoms with Crippen molar-refractivity contribution >= 4 is 11.9 Å². The van der Waals surface area contributed by atoms with Crippen molar-refractivity contribution in [1.82, 2.24) is 10.7 Å². The number of ether oxygens (including phenoxy) is 1. The molecule has 0 spiro atoms. The molecule has 22 heavy (non-hydrogen) atoms. The van der Waals surface area contributed by atoms with Crippen LogP contribution in [0.1, 0.15) is 20.8 Å². The maximum atomic E-state index is 5.12. The number of methoxy groups -OCH3 is 1. The van der Waals surface area contributed by atoms with Crippen LogP contribution < -0.4 is 10.7 Å². The summed E-state index contributed by atoms with van der Waals surface area (Å²) in [5.41, 5.74) is 4.67. The first kappa shape index (κ1) is 19.4. The van der Waals surface area contributed by atoms with Crippen LogP contribution in [0, 0.1) is 0 Å². The Balaban J connectivity index is 4.04. The van der Waals surface area contributed by atoms with E-state index in [-0.39, 0.29) is 0 Å². The molecule has 0 saturated carbocycles. The van der Waals surface area contributed by atoms with Gasteiger partial charge in [0.2, 0.25) is 0 Å². The molecule has 0 bridgehead atoms. The molecular formula is C17H26N4O. The minimum absolute atomic E-state index is 0.563. The predicted molar refractivity (Wildman–Crippen MR) is 95.7 cm³/mol. The first-order valence-electron chi connectivity index (χ1n) is 6.93. The number of hydrogen-bond acceptors (Lipinski definition) is 5. The molecule has 0 rings (SSSR count). The molecule has 0 aliphatic rings. The Morgan fingerprint density at radius 2 is 1.95 bits per heavy atom. The maximum absolute atomic E-state index is 5.12. The molecular weight excluding hydrogens is 276 g/mol. The first-order valence-corrected chi connectivity index (χ1v) is 6.93. The van der Waals surface area contributed by atoms with E-state index in [0.717, 1.165) is 17.0 Å². The average molecular weight is 302 g/mol. The van der Waals surface area contributed by atoms with Crippen molar-refractivity contribution in [1.29, 1.82) is 0 Å². The second-order valence-electron chi connectivity index (χ2n) is 4.53. The van der Waals surface area contributed by atoms with Gasteiger partial charge in [-0.25, -0.2) is 0 Å². The molecule has 0 radical (unpaired) electrons. The van der Waals surface area contributed by atoms with Crippen molar-refractivity contribution < 1.29 is 4.74 Å². The molecule has 120 valence electrons. The Morgan fingerprint density at radius 1 is 1.23 bits per heavy atom. The summed E-state index contributed by atoms with van der Waals surface area (Å²) in [5.74, 6) is 1.38. The minimum Gasteiger partial charge on any atom is -0.497 e. The normalized spacial score (nSPS) is 11.9. The van der Waals surface area contributed by atoms with Crippen LogP contribution in [0.5, 0.6) is 0 Å². The zero-order valence-electron chi connectivity index (χ0n) is 13.9. The summed E-state index contributed by atoms with van der Waals surface area (Å²) in [6, 6.07) is 0. The Morgan fingerprint density at radius 3 is 2.55 bits per heavy atom. The molecule has 0 heterocycles. The highest BCUT2D eigenvalue weighted by molar-refractivity contribution is 5.80. The van der Waals surface area contributed by atoms with Crippen molar-refractivity contribution in [3.05, 3.63) is 60.8 Å². The highest BCUT2D eigenvalue weighted by atomic mass is 16.5. The largest absolute Gasteiger partial charge is 0.497 e. The van der Waals surface area contributed by atoms with E-state index in [1.54, 1.807) is 25.6 Å². The molecule has 0 atom stereocenters. The second-order valence-corrected chi connectivity index (χ2v) is 4.53. The van der Waals surface area contributed by atoms with Crippen molar-refractivity contribution in [3.63, 3.8) is 0 Å². The van der Waals surface area contributed by atoms with E-state index in [1.807, 2.05) is 39.0 Å². The van der Waals surface area contributed by atoms with Crippen LogP contribution in [-0.2, 0) is 4.74 Å². The monoisotopic (exact) mass is 302 g/mol. The molecule has 0 aromatic heterocycles. The summed E-state index contributed by atoms with van der Waals surface area (Å²) < 4.78 is 5.12. The molecule has 5 nitrogen and oxygen atoms in total. The summed E-state index contributed by atoms with van der Waals surface area (Å²) in [6.07, 6.45) is 10.6. The highest BCUT2D eigenvalue weighted by Gasteiger charge is 1.92. The van der Waals surface area contributed by atoms with Gasteiger partial charge in [-0.15, -0.1) is 0 Å². The van der Waals surface area contributed by atoms with Crippen molar-refractivity contribution in [2.24, 2.45) is 10.1 Å². The van der Waals surface area contributed by atoms with Gasteiger partial charge < -0.3 is 10.1 Å². The third-order valence-electron chi connectivity index (χ3n) is 2.31. The molecule has 2 N–H and O–H groups in total. The van der Waals surface area contributed by atoms with Gasteiger partial charge >= 0.3 is 0 Å². The lowest BCUT2D eigenvalue weighted by atomic mass is 10.2. The number of nitrogens with zero attached hydrogens (tertiary/aromatic N) is 2. The van der Waals surface area contributed by atoms with Gasteiger partial charge in [-0.1, -0.05) is 19.2 Å². The van der Waals surface area contributed by atoms with Crippen molar-refractivity contribution in [2.45, 2.75) is 20.8 Å². The summed E-state index contributed by atoms with van der Waals surface area (Å²) in [4.78, 5) is 4.09. The van der Waals surface area contributed by atoms with Gasteiger partial charge in [-0.05, 0) is 44.6 Å². The maximum Gasteiger partial charge on any atom is 0.114 e. The lowest BCUT2D eigenvalue weighted by molar-refractivity contribution is 0.306. The highest BCUT2D eigenvalue weighted by Crippen LogP contribution is 2.00. The SMILES string of the molecule is C=C(/C=C\C(=C/C)OC)CNC(=C)N/N=C\C=C\N=C(C)C. The van der Waals surface area contributed by atoms with E-state index < -0.39 is 0 Å². The fraction of sp³-hybridized carbons (Fsp3) is 0.294. The molecule has 0 unspecified atom stereocenters. The molecule has 0 aromatic carbocycles. The van der Waals surface area contributed by atoms with E-state index >= 15 is 0 Å². The second kappa shape index (κ2) is 12.2. The quantitative estimate of drug-likeness (QED) is 0.282. The number of allylic oxidation sites excluding steroid dienone is 3. The fourth-order valence-corrected chi connectivity index (χ4v) is 1.19. The number of nitrogens with one attached hydrogen (secondary N) is 2. The Labute approximate surface area is 133 Å². The Kier molecular flexibility index (Phi) is 10.8. The molecule has 0 aromatic rings. The van der Waals surface area contributed by atoms with Gasteiger partial charge in [0.25, 0.3) is 0 Å². The zero-order valence-corrected chi connectivity index (χ0v) is 13.9. The molecule has 0 saturated heterocycles. The number of aliphatic imine (C=N–C) groups is 1. The smallest absolute Gasteiger partial charge is 0.114 e. The van der Waals surface area contributed by atoms with E-state index in [1.165, 1.54) is 0 Å². The third-order valence-corrected chi connectivity index (χ3v) is 2.31. The topological polar surface area (TPSA) is 58.0 Å². The van der Waals surface area contributed by atoms with Crippen LogP contribution in [-0.4, -0.2) is 25.6 Å². The summed E-state index contributed by atoms with van der Waals surface area (Å²) in [7, 11) is 1.63. The fourth-order valence-electron chi connectivity index (χ4n) is 1.19. The molecule has 0 aliphatic carbocycles. The van der Waals surface area contributed by atoms with Crippen LogP contribution in [0.15, 0.2) is 70.9 Å². The van der Waals surface area contributed by atoms with Gasteiger partial charge in [0.1, 0.15) is 11.6 Å². The molecule has 0 amide bonds. The van der Waals surface area contributed by atoms with E-state index in [4.69, 9.17) is 4.74 Å². The predicted octanol–water partition coefficient (Wildman–Crippen LogP) is 3.28. The van der Waals surface area contributed by atoms with E-state index in [0.29, 0.717) is 12.4 Å². The lowest BCUT2D eigenvalue weighted by Gasteiger charge is -2.08. The van der Waals surface area contributed by atoms with Gasteiger partial charge in [-0.2, -0.15) is 5.10 Å². The van der Waals surface area contributed by atoms with Crippen molar-refractivity contribution in [3.8, 4) is 0 Å². The summed E-state index contributed by atoms with van der Waals surface area (Å²) >= 11 is 0. The van der Waals surface area contributed by atoms with Gasteiger partial charge in [0.15, 0.2) is 0 Å². The van der Waals surface area contributed by atoms with Crippen LogP contribution >= 0.6 is 0 Å². The van der Waals surface area contributed by atoms with Crippen molar-refractivity contribution in [2.75, 3.05) is 13.7 Å². The average Bonchev–Trinajstić information content (AvgIpc) is 2.49. The minimum atomic E-state index is 0.563. The number of hydrogen-bond donors (Lipinski definition) is 2. The zero-order chi connectivity index (χ0) is 16.8. The molecule has 0 fully saturated rings. The molecule has 5 heteroatoms. The van der Waals surface area contributed by atoms with E-state index in [2.05, 4.69) is 34.0 Å². The number of rotatable bonds is 10. The first-order chi connectivity index (χ1) is 10.5. The van der Waals surface area contributed by atoms with Crippen LogP contribution in [0.25, 0.3) is 0 Å². The standard InChI is InChI=1S/C17H26N4O/c1-7-17(22-6)10-9-15(4)13-19-16(5)21-20-12-8-11-18-14(2)3/h7-12,19,21H,4-5,13H2,1-3,6H3/b10-9-,11-8+,17-7+,20-12-. The Bertz CT molecular complexity index is 507. The van der Waals surface area contributed by atoms with Gasteiger partial charge in [0, 0.05) is 24.7 Å². The molecule has 0 aliphatic heterocycles. The van der Waals surface area contributed by atoms with Crippen LogP contribution in [0.2, 0.25) is 0 Å².